The Labute approximate surface area is 98.6 Å². The highest BCUT2D eigenvalue weighted by molar-refractivity contribution is 5.66. The fourth-order valence-electron chi connectivity index (χ4n) is 1.54. The van der Waals surface area contributed by atoms with Crippen LogP contribution in [0.25, 0.3) is 11.5 Å². The summed E-state index contributed by atoms with van der Waals surface area (Å²) < 4.78 is 11.9. The second kappa shape index (κ2) is 4.54. The van der Waals surface area contributed by atoms with Crippen molar-refractivity contribution in [2.24, 2.45) is 7.05 Å². The van der Waals surface area contributed by atoms with Gasteiger partial charge in [-0.2, -0.15) is 10.1 Å². The van der Waals surface area contributed by atoms with Crippen molar-refractivity contribution in [1.82, 2.24) is 19.9 Å². The van der Waals surface area contributed by atoms with Crippen LogP contribution >= 0.6 is 0 Å². The predicted octanol–water partition coefficient (Wildman–Crippen LogP) is 1.15. The molecule has 0 saturated carbocycles. The second-order valence-corrected chi connectivity index (χ2v) is 3.66. The van der Waals surface area contributed by atoms with Gasteiger partial charge >= 0.3 is 0 Å². The van der Waals surface area contributed by atoms with Gasteiger partial charge in [-0.1, -0.05) is 12.1 Å². The average molecular weight is 237 g/mol. The van der Waals surface area contributed by atoms with E-state index in [0.717, 1.165) is 6.42 Å². The largest absolute Gasteiger partial charge is 0.383 e. The number of nitrogens with two attached hydrogens (primary N) is 1. The second-order valence-electron chi connectivity index (χ2n) is 3.66. The van der Waals surface area contributed by atoms with E-state index >= 15 is 0 Å². The molecule has 0 bridgehead atoms. The molecule has 92 valence electrons. The van der Waals surface area contributed by atoms with Crippen molar-refractivity contribution in [3.05, 3.63) is 12.0 Å². The summed E-state index contributed by atoms with van der Waals surface area (Å²) in [6.45, 7) is 1.99. The van der Waals surface area contributed by atoms with Gasteiger partial charge in [0.05, 0.1) is 6.20 Å². The van der Waals surface area contributed by atoms with Gasteiger partial charge in [0.1, 0.15) is 17.5 Å². The van der Waals surface area contributed by atoms with E-state index in [9.17, 15) is 0 Å². The molecule has 0 aliphatic carbocycles. The van der Waals surface area contributed by atoms with E-state index in [0.29, 0.717) is 23.1 Å². The van der Waals surface area contributed by atoms with Crippen LogP contribution in [0.3, 0.4) is 0 Å². The molecular weight excluding hydrogens is 222 g/mol. The van der Waals surface area contributed by atoms with Crippen molar-refractivity contribution in [2.75, 3.05) is 12.8 Å². The molecule has 17 heavy (non-hydrogen) atoms. The molecule has 7 heteroatoms. The van der Waals surface area contributed by atoms with E-state index in [-0.39, 0.29) is 6.10 Å². The minimum absolute atomic E-state index is 0.162. The maximum Gasteiger partial charge on any atom is 0.263 e. The lowest BCUT2D eigenvalue weighted by Gasteiger charge is -2.05. The lowest BCUT2D eigenvalue weighted by Crippen LogP contribution is -2.02. The molecule has 0 amide bonds. The molecule has 2 N–H and O–H groups in total. The van der Waals surface area contributed by atoms with Crippen molar-refractivity contribution < 1.29 is 9.26 Å². The van der Waals surface area contributed by atoms with E-state index in [1.54, 1.807) is 25.0 Å². The highest BCUT2D eigenvalue weighted by atomic mass is 16.5. The van der Waals surface area contributed by atoms with Gasteiger partial charge in [0.15, 0.2) is 0 Å². The van der Waals surface area contributed by atoms with Crippen molar-refractivity contribution in [3.8, 4) is 11.5 Å². The normalized spacial score (nSPS) is 12.9. The van der Waals surface area contributed by atoms with Gasteiger partial charge in [-0.25, -0.2) is 0 Å². The minimum Gasteiger partial charge on any atom is -0.383 e. The van der Waals surface area contributed by atoms with Crippen molar-refractivity contribution in [2.45, 2.75) is 19.4 Å². The first-order valence-corrected chi connectivity index (χ1v) is 5.31. The van der Waals surface area contributed by atoms with E-state index in [2.05, 4.69) is 15.2 Å². The monoisotopic (exact) mass is 237 g/mol. The first-order valence-electron chi connectivity index (χ1n) is 5.31. The molecule has 0 spiro atoms. The number of hydrogen-bond acceptors (Lipinski definition) is 6. The maximum atomic E-state index is 5.83. The van der Waals surface area contributed by atoms with E-state index in [1.807, 2.05) is 6.92 Å². The zero-order valence-electron chi connectivity index (χ0n) is 10.0. The Morgan fingerprint density at radius 2 is 2.35 bits per heavy atom. The molecule has 0 aliphatic heterocycles. The lowest BCUT2D eigenvalue weighted by atomic mass is 10.2. The molecule has 0 radical (unpaired) electrons. The Morgan fingerprint density at radius 3 is 2.88 bits per heavy atom. The highest BCUT2D eigenvalue weighted by Gasteiger charge is 2.19. The Balaban J connectivity index is 2.32. The summed E-state index contributed by atoms with van der Waals surface area (Å²) in [6, 6.07) is 0. The van der Waals surface area contributed by atoms with Gasteiger partial charge in [-0.15, -0.1) is 0 Å². The topological polar surface area (TPSA) is 92.0 Å². The smallest absolute Gasteiger partial charge is 0.263 e. The summed E-state index contributed by atoms with van der Waals surface area (Å²) in [4.78, 5) is 4.26. The van der Waals surface area contributed by atoms with E-state index < -0.39 is 0 Å². The summed E-state index contributed by atoms with van der Waals surface area (Å²) in [5, 5.41) is 7.90. The number of methoxy groups -OCH3 is 1. The number of anilines is 1. The third kappa shape index (κ3) is 2.01. The molecule has 2 heterocycles. The van der Waals surface area contributed by atoms with Crippen LogP contribution in [0.5, 0.6) is 0 Å². The van der Waals surface area contributed by atoms with Crippen LogP contribution in [0, 0.1) is 0 Å². The number of aryl methyl sites for hydroxylation is 1. The Kier molecular flexibility index (Phi) is 3.10. The van der Waals surface area contributed by atoms with Gasteiger partial charge < -0.3 is 15.0 Å². The van der Waals surface area contributed by atoms with Crippen LogP contribution in [0.2, 0.25) is 0 Å². The van der Waals surface area contributed by atoms with Gasteiger partial charge in [0.25, 0.3) is 5.89 Å². The van der Waals surface area contributed by atoms with Crippen LogP contribution in [-0.4, -0.2) is 27.0 Å². The fourth-order valence-corrected chi connectivity index (χ4v) is 1.54. The molecule has 1 unspecified atom stereocenters. The molecule has 0 fully saturated rings. The molecule has 2 aromatic rings. The van der Waals surface area contributed by atoms with Gasteiger partial charge in [-0.3, -0.25) is 4.68 Å². The number of nitrogens with zero attached hydrogens (tertiary/aromatic N) is 4. The summed E-state index contributed by atoms with van der Waals surface area (Å²) in [5.41, 5.74) is 6.46. The molecule has 0 saturated heterocycles. The molecule has 2 aromatic heterocycles. The summed E-state index contributed by atoms with van der Waals surface area (Å²) in [7, 11) is 3.36. The zero-order valence-corrected chi connectivity index (χ0v) is 10.0. The predicted molar refractivity (Wildman–Crippen MR) is 61.0 cm³/mol. The third-order valence-electron chi connectivity index (χ3n) is 2.60. The van der Waals surface area contributed by atoms with E-state index in [4.69, 9.17) is 15.0 Å². The van der Waals surface area contributed by atoms with Gasteiger partial charge in [0.2, 0.25) is 5.82 Å². The Bertz CT molecular complexity index is 501. The van der Waals surface area contributed by atoms with Crippen molar-refractivity contribution in [3.63, 3.8) is 0 Å². The standard InChI is InChI=1S/C10H15N5O2/c1-4-7(16-3)9-13-10(17-14-9)6-5-12-15(2)8(6)11/h5,7H,4,11H2,1-3H3. The first kappa shape index (κ1) is 11.6. The van der Waals surface area contributed by atoms with Crippen molar-refractivity contribution in [1.29, 1.82) is 0 Å². The molecule has 0 aliphatic rings. The number of rotatable bonds is 4. The van der Waals surface area contributed by atoms with Crippen molar-refractivity contribution >= 4 is 5.82 Å². The average Bonchev–Trinajstić information content (AvgIpc) is 2.90. The van der Waals surface area contributed by atoms with Crippen LogP contribution in [-0.2, 0) is 11.8 Å². The maximum absolute atomic E-state index is 5.83. The summed E-state index contributed by atoms with van der Waals surface area (Å²) >= 11 is 0. The van der Waals surface area contributed by atoms with Gasteiger partial charge in [-0.05, 0) is 6.42 Å². The molecule has 1 atom stereocenters. The quantitative estimate of drug-likeness (QED) is 0.857. The molecule has 2 rings (SSSR count). The summed E-state index contributed by atoms with van der Waals surface area (Å²) in [6.07, 6.45) is 2.21. The third-order valence-corrected chi connectivity index (χ3v) is 2.60. The summed E-state index contributed by atoms with van der Waals surface area (Å²) in [5.74, 6) is 1.38. The molecule has 7 nitrogen and oxygen atoms in total. The number of nitrogen functional groups attached to an aromatic ring is 1. The van der Waals surface area contributed by atoms with Crippen LogP contribution < -0.4 is 5.73 Å². The fraction of sp³-hybridized carbons (Fsp3) is 0.500. The van der Waals surface area contributed by atoms with Gasteiger partial charge in [0, 0.05) is 14.2 Å². The molecular formula is C10H15N5O2. The first-order chi connectivity index (χ1) is 8.17. The molecule has 0 aromatic carbocycles. The van der Waals surface area contributed by atoms with Crippen LogP contribution in [0.15, 0.2) is 10.7 Å². The number of hydrogen-bond donors (Lipinski definition) is 1. The van der Waals surface area contributed by atoms with Crippen LogP contribution in [0.4, 0.5) is 5.82 Å². The zero-order chi connectivity index (χ0) is 12.4. The van der Waals surface area contributed by atoms with Crippen LogP contribution in [0.1, 0.15) is 25.3 Å². The minimum atomic E-state index is -0.162. The number of ether oxygens (including phenoxy) is 1. The highest BCUT2D eigenvalue weighted by Crippen LogP contribution is 2.25. The van der Waals surface area contributed by atoms with E-state index in [1.165, 1.54) is 0 Å². The Hall–Kier alpha value is -1.89. The lowest BCUT2D eigenvalue weighted by molar-refractivity contribution is 0.0903. The SMILES string of the molecule is CCC(OC)c1noc(-c2cnn(C)c2N)n1. The number of aromatic nitrogens is 4. The Morgan fingerprint density at radius 1 is 1.59 bits per heavy atom.